The van der Waals surface area contributed by atoms with Gasteiger partial charge in [0.25, 0.3) is 5.91 Å². The van der Waals surface area contributed by atoms with Crippen LogP contribution in [-0.2, 0) is 9.59 Å². The molecule has 3 rings (SSSR count). The van der Waals surface area contributed by atoms with Gasteiger partial charge in [0.15, 0.2) is 0 Å². The van der Waals surface area contributed by atoms with Crippen molar-refractivity contribution in [3.8, 4) is 0 Å². The Morgan fingerprint density at radius 1 is 1.20 bits per heavy atom. The van der Waals surface area contributed by atoms with E-state index in [0.29, 0.717) is 16.3 Å². The fourth-order valence-electron chi connectivity index (χ4n) is 2.43. The van der Waals surface area contributed by atoms with Crippen LogP contribution in [0.4, 0.5) is 5.69 Å². The number of hydrogen-bond acceptors (Lipinski definition) is 4. The average Bonchev–Trinajstić information content (AvgIpc) is 2.83. The summed E-state index contributed by atoms with van der Waals surface area (Å²) in [7, 11) is 1.50. The van der Waals surface area contributed by atoms with Crippen LogP contribution in [0.3, 0.4) is 0 Å². The molecule has 1 aliphatic rings. The van der Waals surface area contributed by atoms with E-state index in [2.05, 4.69) is 5.32 Å². The number of rotatable bonds is 4. The topological polar surface area (TPSA) is 66.5 Å². The van der Waals surface area contributed by atoms with Gasteiger partial charge >= 0.3 is 0 Å². The quantitative estimate of drug-likeness (QED) is 0.832. The first-order valence-corrected chi connectivity index (χ1v) is 8.84. The molecule has 1 fully saturated rings. The summed E-state index contributed by atoms with van der Waals surface area (Å²) in [5, 5.41) is 2.91. The predicted molar refractivity (Wildman–Crippen MR) is 97.9 cm³/mol. The molecule has 7 heteroatoms. The number of benzene rings is 2. The molecule has 1 N–H and O–H groups in total. The van der Waals surface area contributed by atoms with Crippen LogP contribution < -0.4 is 5.32 Å². The zero-order valence-corrected chi connectivity index (χ0v) is 14.9. The Balaban J connectivity index is 1.64. The fourth-order valence-corrected chi connectivity index (χ4v) is 3.72. The molecule has 3 amide bonds. The smallest absolute Gasteiger partial charge is 0.255 e. The molecule has 1 saturated heterocycles. The zero-order valence-electron chi connectivity index (χ0n) is 13.4. The van der Waals surface area contributed by atoms with Gasteiger partial charge in [0.1, 0.15) is 0 Å². The second-order valence-electron chi connectivity index (χ2n) is 5.59. The van der Waals surface area contributed by atoms with Crippen LogP contribution in [0.15, 0.2) is 53.4 Å². The van der Waals surface area contributed by atoms with Crippen LogP contribution in [0.1, 0.15) is 16.8 Å². The van der Waals surface area contributed by atoms with Crippen LogP contribution in [0.25, 0.3) is 0 Å². The fraction of sp³-hybridized carbons (Fsp3) is 0.167. The molecule has 0 aliphatic carbocycles. The molecule has 128 valence electrons. The van der Waals surface area contributed by atoms with Gasteiger partial charge in [-0.15, -0.1) is 11.8 Å². The standard InChI is InChI=1S/C18H15ClN2O3S/c1-21-16(22)10-15(18(21)24)25-14-7-5-13(6-8-14)20-17(23)11-3-2-4-12(19)9-11/h2-9,15H,10H2,1H3,(H,20,23). The normalized spacial score (nSPS) is 17.0. The summed E-state index contributed by atoms with van der Waals surface area (Å²) >= 11 is 7.24. The predicted octanol–water partition coefficient (Wildman–Crippen LogP) is 3.44. The van der Waals surface area contributed by atoms with E-state index in [-0.39, 0.29) is 29.4 Å². The highest BCUT2D eigenvalue weighted by molar-refractivity contribution is 8.00. The van der Waals surface area contributed by atoms with Crippen molar-refractivity contribution in [2.75, 3.05) is 12.4 Å². The highest BCUT2D eigenvalue weighted by atomic mass is 35.5. The molecule has 0 bridgehead atoms. The summed E-state index contributed by atoms with van der Waals surface area (Å²) in [5.74, 6) is -0.581. The van der Waals surface area contributed by atoms with E-state index >= 15 is 0 Å². The third-order valence-electron chi connectivity index (χ3n) is 3.82. The second kappa shape index (κ2) is 7.29. The molecule has 5 nitrogen and oxygen atoms in total. The molecule has 0 radical (unpaired) electrons. The van der Waals surface area contributed by atoms with Gasteiger partial charge < -0.3 is 5.32 Å². The SMILES string of the molecule is CN1C(=O)CC(Sc2ccc(NC(=O)c3cccc(Cl)c3)cc2)C1=O. The number of nitrogens with one attached hydrogen (secondary N) is 1. The monoisotopic (exact) mass is 374 g/mol. The van der Waals surface area contributed by atoms with Gasteiger partial charge in [0.2, 0.25) is 11.8 Å². The van der Waals surface area contributed by atoms with Crippen molar-refractivity contribution in [3.05, 3.63) is 59.1 Å². The highest BCUT2D eigenvalue weighted by Crippen LogP contribution is 2.31. The number of likely N-dealkylation sites (tertiary alicyclic amines) is 1. The van der Waals surface area contributed by atoms with Gasteiger partial charge in [0, 0.05) is 34.6 Å². The van der Waals surface area contributed by atoms with Crippen molar-refractivity contribution in [2.24, 2.45) is 0 Å². The molecule has 25 heavy (non-hydrogen) atoms. The Morgan fingerprint density at radius 3 is 2.52 bits per heavy atom. The summed E-state index contributed by atoms with van der Waals surface area (Å²) in [6.07, 6.45) is 0.216. The van der Waals surface area contributed by atoms with Crippen molar-refractivity contribution < 1.29 is 14.4 Å². The largest absolute Gasteiger partial charge is 0.322 e. The third-order valence-corrected chi connectivity index (χ3v) is 5.25. The minimum atomic E-state index is -0.385. The molecular weight excluding hydrogens is 360 g/mol. The van der Waals surface area contributed by atoms with Gasteiger partial charge in [-0.2, -0.15) is 0 Å². The second-order valence-corrected chi connectivity index (χ2v) is 7.30. The van der Waals surface area contributed by atoms with Crippen LogP contribution in [-0.4, -0.2) is 34.9 Å². The van der Waals surface area contributed by atoms with Gasteiger partial charge in [0.05, 0.1) is 5.25 Å². The molecule has 2 aromatic carbocycles. The Morgan fingerprint density at radius 2 is 1.92 bits per heavy atom. The van der Waals surface area contributed by atoms with Crippen molar-refractivity contribution >= 4 is 46.8 Å². The summed E-state index contributed by atoms with van der Waals surface area (Å²) in [6.45, 7) is 0. The average molecular weight is 375 g/mol. The van der Waals surface area contributed by atoms with Crippen LogP contribution >= 0.6 is 23.4 Å². The van der Waals surface area contributed by atoms with Crippen molar-refractivity contribution in [3.63, 3.8) is 0 Å². The van der Waals surface area contributed by atoms with Gasteiger partial charge in [-0.25, -0.2) is 0 Å². The molecule has 1 heterocycles. The zero-order chi connectivity index (χ0) is 18.0. The Labute approximate surface area is 154 Å². The van der Waals surface area contributed by atoms with E-state index in [0.717, 1.165) is 9.80 Å². The molecule has 1 unspecified atom stereocenters. The molecular formula is C18H15ClN2O3S. The van der Waals surface area contributed by atoms with E-state index in [4.69, 9.17) is 11.6 Å². The van der Waals surface area contributed by atoms with E-state index in [9.17, 15) is 14.4 Å². The molecule has 1 atom stereocenters. The number of anilines is 1. The van der Waals surface area contributed by atoms with Gasteiger partial charge in [-0.1, -0.05) is 17.7 Å². The lowest BCUT2D eigenvalue weighted by Crippen LogP contribution is -2.26. The number of amides is 3. The number of thioether (sulfide) groups is 1. The summed E-state index contributed by atoms with van der Waals surface area (Å²) in [4.78, 5) is 37.7. The lowest BCUT2D eigenvalue weighted by atomic mass is 10.2. The number of carbonyl (C=O) groups excluding carboxylic acids is 3. The minimum Gasteiger partial charge on any atom is -0.322 e. The Bertz CT molecular complexity index is 838. The minimum absolute atomic E-state index is 0.159. The highest BCUT2D eigenvalue weighted by Gasteiger charge is 2.36. The number of nitrogens with zero attached hydrogens (tertiary/aromatic N) is 1. The van der Waals surface area contributed by atoms with Crippen molar-refractivity contribution in [2.45, 2.75) is 16.6 Å². The van der Waals surface area contributed by atoms with Crippen molar-refractivity contribution in [1.82, 2.24) is 4.90 Å². The van der Waals surface area contributed by atoms with E-state index in [1.807, 2.05) is 12.1 Å². The van der Waals surface area contributed by atoms with Crippen LogP contribution in [0, 0.1) is 0 Å². The molecule has 1 aliphatic heterocycles. The van der Waals surface area contributed by atoms with Gasteiger partial charge in [-0.3, -0.25) is 19.3 Å². The first-order valence-electron chi connectivity index (χ1n) is 7.58. The maximum Gasteiger partial charge on any atom is 0.255 e. The Kier molecular flexibility index (Phi) is 5.11. The van der Waals surface area contributed by atoms with E-state index < -0.39 is 0 Å². The molecule has 2 aromatic rings. The third kappa shape index (κ3) is 4.03. The number of halogens is 1. The molecule has 0 spiro atoms. The number of carbonyl (C=O) groups is 3. The lowest BCUT2D eigenvalue weighted by Gasteiger charge is -2.10. The number of hydrogen-bond donors (Lipinski definition) is 1. The molecule has 0 aromatic heterocycles. The van der Waals surface area contributed by atoms with Crippen LogP contribution in [0.2, 0.25) is 5.02 Å². The number of imide groups is 1. The summed E-state index contributed by atoms with van der Waals surface area (Å²) in [5.41, 5.74) is 1.12. The van der Waals surface area contributed by atoms with Crippen LogP contribution in [0.5, 0.6) is 0 Å². The first kappa shape index (κ1) is 17.5. The van der Waals surface area contributed by atoms with E-state index in [1.165, 1.54) is 18.8 Å². The molecule has 0 saturated carbocycles. The Hall–Kier alpha value is -2.31. The summed E-state index contributed by atoms with van der Waals surface area (Å²) < 4.78 is 0. The van der Waals surface area contributed by atoms with Crippen molar-refractivity contribution in [1.29, 1.82) is 0 Å². The van der Waals surface area contributed by atoms with E-state index in [1.54, 1.807) is 36.4 Å². The lowest BCUT2D eigenvalue weighted by molar-refractivity contribution is -0.136. The van der Waals surface area contributed by atoms with Gasteiger partial charge in [-0.05, 0) is 42.5 Å². The maximum absolute atomic E-state index is 12.2. The first-order chi connectivity index (χ1) is 11.9. The maximum atomic E-state index is 12.2. The summed E-state index contributed by atoms with van der Waals surface area (Å²) in [6, 6.07) is 13.9.